The van der Waals surface area contributed by atoms with Crippen LogP contribution in [0.15, 0.2) is 18.3 Å². The van der Waals surface area contributed by atoms with E-state index in [1.165, 1.54) is 0 Å². The van der Waals surface area contributed by atoms with Gasteiger partial charge in [-0.2, -0.15) is 0 Å². The summed E-state index contributed by atoms with van der Waals surface area (Å²) in [4.78, 5) is 4.22. The number of nitrogens with zero attached hydrogens (tertiary/aromatic N) is 1. The number of hydrogen-bond donors (Lipinski definition) is 1. The Bertz CT molecular complexity index is 453. The quantitative estimate of drug-likeness (QED) is 0.863. The van der Waals surface area contributed by atoms with E-state index in [4.69, 9.17) is 0 Å². The van der Waals surface area contributed by atoms with Crippen LogP contribution in [-0.4, -0.2) is 31.5 Å². The van der Waals surface area contributed by atoms with E-state index in [2.05, 4.69) is 10.3 Å². The minimum atomic E-state index is -2.77. The second-order valence-electron chi connectivity index (χ2n) is 4.37. The molecule has 0 aliphatic carbocycles. The summed E-state index contributed by atoms with van der Waals surface area (Å²) in [6, 6.07) is 3.90. The van der Waals surface area contributed by atoms with Gasteiger partial charge in [0.2, 0.25) is 0 Å². The molecule has 0 saturated carbocycles. The number of aryl methyl sites for hydroxylation is 1. The third-order valence-electron chi connectivity index (χ3n) is 2.81. The lowest BCUT2D eigenvalue weighted by atomic mass is 10.1. The summed E-state index contributed by atoms with van der Waals surface area (Å²) in [6.07, 6.45) is 2.56. The highest BCUT2D eigenvalue weighted by atomic mass is 32.2. The molecular formula is C11H16N2O2S. The minimum absolute atomic E-state index is 0.230. The number of sulfone groups is 1. The smallest absolute Gasteiger partial charge is 0.150 e. The van der Waals surface area contributed by atoms with Crippen LogP contribution in [0.4, 0.5) is 5.82 Å². The van der Waals surface area contributed by atoms with Crippen molar-refractivity contribution in [3.8, 4) is 0 Å². The molecule has 1 aliphatic heterocycles. The van der Waals surface area contributed by atoms with Crippen molar-refractivity contribution in [1.29, 1.82) is 0 Å². The summed E-state index contributed by atoms with van der Waals surface area (Å²) in [5, 5.41) is 3.18. The van der Waals surface area contributed by atoms with Gasteiger partial charge in [-0.25, -0.2) is 13.4 Å². The van der Waals surface area contributed by atoms with Crippen molar-refractivity contribution in [3.05, 3.63) is 23.9 Å². The Kier molecular flexibility index (Phi) is 3.14. The van der Waals surface area contributed by atoms with Gasteiger partial charge in [-0.05, 0) is 30.9 Å². The first-order chi connectivity index (χ1) is 7.55. The van der Waals surface area contributed by atoms with Gasteiger partial charge in [0, 0.05) is 12.7 Å². The molecule has 1 aliphatic rings. The van der Waals surface area contributed by atoms with Gasteiger partial charge in [0.05, 0.1) is 11.5 Å². The van der Waals surface area contributed by atoms with Gasteiger partial charge in [-0.15, -0.1) is 0 Å². The first-order valence-electron chi connectivity index (χ1n) is 5.42. The van der Waals surface area contributed by atoms with Crippen molar-refractivity contribution in [2.24, 2.45) is 5.92 Å². The van der Waals surface area contributed by atoms with E-state index in [0.29, 0.717) is 18.1 Å². The van der Waals surface area contributed by atoms with Crippen LogP contribution in [0.5, 0.6) is 0 Å². The Morgan fingerprint density at radius 2 is 2.31 bits per heavy atom. The van der Waals surface area contributed by atoms with Crippen LogP contribution < -0.4 is 5.32 Å². The van der Waals surface area contributed by atoms with Crippen LogP contribution in [0.25, 0.3) is 0 Å². The summed E-state index contributed by atoms with van der Waals surface area (Å²) in [5.41, 5.74) is 1.12. The molecule has 1 aromatic rings. The highest BCUT2D eigenvalue weighted by molar-refractivity contribution is 7.91. The Morgan fingerprint density at radius 3 is 2.88 bits per heavy atom. The summed E-state index contributed by atoms with van der Waals surface area (Å²) in [6.45, 7) is 2.68. The number of hydrogen-bond acceptors (Lipinski definition) is 4. The van der Waals surface area contributed by atoms with E-state index in [-0.39, 0.29) is 5.92 Å². The number of rotatable bonds is 3. The monoisotopic (exact) mass is 240 g/mol. The maximum absolute atomic E-state index is 11.3. The maximum Gasteiger partial charge on any atom is 0.150 e. The zero-order valence-electron chi connectivity index (χ0n) is 9.31. The standard InChI is InChI=1S/C11H16N2O2S/c1-9-2-3-11(12-6-9)13-7-10-4-5-16(14,15)8-10/h2-3,6,10H,4-5,7-8H2,1H3,(H,12,13). The highest BCUT2D eigenvalue weighted by Crippen LogP contribution is 2.18. The molecule has 88 valence electrons. The Hall–Kier alpha value is -1.10. The van der Waals surface area contributed by atoms with Gasteiger partial charge in [0.1, 0.15) is 5.82 Å². The molecule has 2 rings (SSSR count). The van der Waals surface area contributed by atoms with E-state index in [0.717, 1.165) is 17.8 Å². The van der Waals surface area contributed by atoms with Crippen LogP contribution in [0.3, 0.4) is 0 Å². The van der Waals surface area contributed by atoms with Gasteiger partial charge >= 0.3 is 0 Å². The zero-order valence-corrected chi connectivity index (χ0v) is 10.1. The molecule has 1 unspecified atom stereocenters. The predicted molar refractivity (Wildman–Crippen MR) is 64.2 cm³/mol. The zero-order chi connectivity index (χ0) is 11.6. The van der Waals surface area contributed by atoms with Crippen molar-refractivity contribution in [3.63, 3.8) is 0 Å². The van der Waals surface area contributed by atoms with Crippen molar-refractivity contribution in [2.45, 2.75) is 13.3 Å². The molecule has 1 fully saturated rings. The van der Waals surface area contributed by atoms with E-state index < -0.39 is 9.84 Å². The Morgan fingerprint density at radius 1 is 1.50 bits per heavy atom. The molecule has 5 heteroatoms. The number of anilines is 1. The fraction of sp³-hybridized carbons (Fsp3) is 0.545. The topological polar surface area (TPSA) is 59.1 Å². The maximum atomic E-state index is 11.3. The van der Waals surface area contributed by atoms with Crippen molar-refractivity contribution >= 4 is 15.7 Å². The molecule has 16 heavy (non-hydrogen) atoms. The van der Waals surface area contributed by atoms with Crippen molar-refractivity contribution < 1.29 is 8.42 Å². The van der Waals surface area contributed by atoms with Gasteiger partial charge in [-0.1, -0.05) is 6.07 Å². The molecule has 0 bridgehead atoms. The van der Waals surface area contributed by atoms with Crippen LogP contribution in [-0.2, 0) is 9.84 Å². The molecule has 1 saturated heterocycles. The molecule has 0 amide bonds. The van der Waals surface area contributed by atoms with Crippen LogP contribution in [0.1, 0.15) is 12.0 Å². The fourth-order valence-corrected chi connectivity index (χ4v) is 3.72. The largest absolute Gasteiger partial charge is 0.370 e. The lowest BCUT2D eigenvalue weighted by molar-refractivity contribution is 0.595. The highest BCUT2D eigenvalue weighted by Gasteiger charge is 2.27. The first-order valence-corrected chi connectivity index (χ1v) is 7.24. The molecular weight excluding hydrogens is 224 g/mol. The van der Waals surface area contributed by atoms with E-state index in [1.54, 1.807) is 6.20 Å². The van der Waals surface area contributed by atoms with E-state index in [9.17, 15) is 8.42 Å². The average Bonchev–Trinajstić information content (AvgIpc) is 2.58. The van der Waals surface area contributed by atoms with Crippen LogP contribution >= 0.6 is 0 Å². The molecule has 0 aromatic carbocycles. The van der Waals surface area contributed by atoms with Crippen LogP contribution in [0.2, 0.25) is 0 Å². The number of nitrogens with one attached hydrogen (secondary N) is 1. The molecule has 0 radical (unpaired) electrons. The first kappa shape index (κ1) is 11.4. The Labute approximate surface area is 96.0 Å². The molecule has 0 spiro atoms. The lowest BCUT2D eigenvalue weighted by Gasteiger charge is -2.09. The average molecular weight is 240 g/mol. The molecule has 1 N–H and O–H groups in total. The second kappa shape index (κ2) is 4.41. The summed E-state index contributed by atoms with van der Waals surface area (Å²) in [7, 11) is -2.77. The van der Waals surface area contributed by atoms with Crippen molar-refractivity contribution in [2.75, 3.05) is 23.4 Å². The van der Waals surface area contributed by atoms with Crippen LogP contribution in [0, 0.1) is 12.8 Å². The van der Waals surface area contributed by atoms with Gasteiger partial charge < -0.3 is 5.32 Å². The van der Waals surface area contributed by atoms with Crippen molar-refractivity contribution in [1.82, 2.24) is 4.98 Å². The molecule has 2 heterocycles. The summed E-state index contributed by atoms with van der Waals surface area (Å²) >= 11 is 0. The Balaban J connectivity index is 1.87. The summed E-state index contributed by atoms with van der Waals surface area (Å²) in [5.74, 6) is 1.69. The number of aromatic nitrogens is 1. The SMILES string of the molecule is Cc1ccc(NCC2CCS(=O)(=O)C2)nc1. The molecule has 1 aromatic heterocycles. The number of pyridine rings is 1. The van der Waals surface area contributed by atoms with Gasteiger partial charge in [-0.3, -0.25) is 0 Å². The van der Waals surface area contributed by atoms with Gasteiger partial charge in [0.15, 0.2) is 9.84 Å². The third-order valence-corrected chi connectivity index (χ3v) is 4.65. The third kappa shape index (κ3) is 2.95. The molecule has 1 atom stereocenters. The van der Waals surface area contributed by atoms with E-state index in [1.807, 2.05) is 19.1 Å². The fourth-order valence-electron chi connectivity index (χ4n) is 1.85. The predicted octanol–water partition coefficient (Wildman–Crippen LogP) is 1.24. The van der Waals surface area contributed by atoms with E-state index >= 15 is 0 Å². The summed E-state index contributed by atoms with van der Waals surface area (Å²) < 4.78 is 22.5. The lowest BCUT2D eigenvalue weighted by Crippen LogP contribution is -2.16. The van der Waals surface area contributed by atoms with Gasteiger partial charge in [0.25, 0.3) is 0 Å². The second-order valence-corrected chi connectivity index (χ2v) is 6.60. The normalized spacial score (nSPS) is 23.2. The minimum Gasteiger partial charge on any atom is -0.370 e. The molecule has 4 nitrogen and oxygen atoms in total.